The SMILES string of the molecule is Cc1ccc(CN(C)C(=O)C2CC(C)CCN2)cc1. The van der Waals surface area contributed by atoms with E-state index in [1.54, 1.807) is 0 Å². The minimum absolute atomic E-state index is 0.000742. The van der Waals surface area contributed by atoms with Crippen LogP contribution < -0.4 is 5.32 Å². The molecule has 2 atom stereocenters. The maximum Gasteiger partial charge on any atom is 0.239 e. The lowest BCUT2D eigenvalue weighted by molar-refractivity contribution is -0.133. The van der Waals surface area contributed by atoms with Crippen molar-refractivity contribution in [2.45, 2.75) is 39.3 Å². The van der Waals surface area contributed by atoms with Gasteiger partial charge in [0.15, 0.2) is 0 Å². The molecule has 19 heavy (non-hydrogen) atoms. The number of hydrogen-bond donors (Lipinski definition) is 1. The van der Waals surface area contributed by atoms with E-state index in [2.05, 4.69) is 43.4 Å². The number of likely N-dealkylation sites (N-methyl/N-ethyl adjacent to an activating group) is 1. The van der Waals surface area contributed by atoms with Gasteiger partial charge in [-0.2, -0.15) is 0 Å². The van der Waals surface area contributed by atoms with Crippen molar-refractivity contribution >= 4 is 5.91 Å². The van der Waals surface area contributed by atoms with Crippen LogP contribution in [0.5, 0.6) is 0 Å². The van der Waals surface area contributed by atoms with Gasteiger partial charge in [-0.15, -0.1) is 0 Å². The first-order valence-electron chi connectivity index (χ1n) is 7.10. The summed E-state index contributed by atoms with van der Waals surface area (Å²) in [6.07, 6.45) is 2.13. The minimum atomic E-state index is -0.000742. The molecule has 2 rings (SSSR count). The monoisotopic (exact) mass is 260 g/mol. The highest BCUT2D eigenvalue weighted by molar-refractivity contribution is 5.81. The summed E-state index contributed by atoms with van der Waals surface area (Å²) >= 11 is 0. The molecule has 0 radical (unpaired) electrons. The maximum absolute atomic E-state index is 12.4. The van der Waals surface area contributed by atoms with Crippen LogP contribution in [0.2, 0.25) is 0 Å². The van der Waals surface area contributed by atoms with Crippen LogP contribution in [0.15, 0.2) is 24.3 Å². The summed E-state index contributed by atoms with van der Waals surface area (Å²) < 4.78 is 0. The summed E-state index contributed by atoms with van der Waals surface area (Å²) in [5.74, 6) is 0.857. The molecule has 1 aliphatic heterocycles. The number of carbonyl (C=O) groups is 1. The van der Waals surface area contributed by atoms with Crippen molar-refractivity contribution in [3.05, 3.63) is 35.4 Å². The standard InChI is InChI=1S/C16H24N2O/c1-12-4-6-14(7-5-12)11-18(3)16(19)15-10-13(2)8-9-17-15/h4-7,13,15,17H,8-11H2,1-3H3. The lowest BCUT2D eigenvalue weighted by Gasteiger charge is -2.30. The molecule has 0 bridgehead atoms. The van der Waals surface area contributed by atoms with E-state index in [0.717, 1.165) is 13.0 Å². The topological polar surface area (TPSA) is 32.3 Å². The normalized spacial score (nSPS) is 23.1. The van der Waals surface area contributed by atoms with Crippen LogP contribution in [-0.4, -0.2) is 30.4 Å². The van der Waals surface area contributed by atoms with E-state index in [-0.39, 0.29) is 11.9 Å². The molecule has 1 aromatic carbocycles. The molecule has 1 heterocycles. The number of amides is 1. The fourth-order valence-electron chi connectivity index (χ4n) is 2.61. The number of benzene rings is 1. The van der Waals surface area contributed by atoms with E-state index in [4.69, 9.17) is 0 Å². The van der Waals surface area contributed by atoms with E-state index in [1.165, 1.54) is 17.5 Å². The molecule has 1 saturated heterocycles. The molecule has 3 nitrogen and oxygen atoms in total. The molecule has 0 aliphatic carbocycles. The van der Waals surface area contributed by atoms with Crippen LogP contribution in [-0.2, 0) is 11.3 Å². The Balaban J connectivity index is 1.93. The molecule has 3 heteroatoms. The van der Waals surface area contributed by atoms with Gasteiger partial charge in [-0.3, -0.25) is 4.79 Å². The number of aryl methyl sites for hydroxylation is 1. The van der Waals surface area contributed by atoms with Gasteiger partial charge in [0.05, 0.1) is 6.04 Å². The van der Waals surface area contributed by atoms with Crippen molar-refractivity contribution in [2.24, 2.45) is 5.92 Å². The largest absolute Gasteiger partial charge is 0.340 e. The average Bonchev–Trinajstić information content (AvgIpc) is 2.40. The zero-order valence-electron chi connectivity index (χ0n) is 12.1. The van der Waals surface area contributed by atoms with E-state index >= 15 is 0 Å². The van der Waals surface area contributed by atoms with Crippen LogP contribution in [0.1, 0.15) is 30.9 Å². The Hall–Kier alpha value is -1.35. The number of nitrogens with one attached hydrogen (secondary N) is 1. The van der Waals surface area contributed by atoms with Crippen LogP contribution >= 0.6 is 0 Å². The first kappa shape index (κ1) is 14.1. The van der Waals surface area contributed by atoms with Gasteiger partial charge in [0.2, 0.25) is 5.91 Å². The van der Waals surface area contributed by atoms with E-state index in [9.17, 15) is 4.79 Å². The quantitative estimate of drug-likeness (QED) is 0.904. The summed E-state index contributed by atoms with van der Waals surface area (Å²) in [7, 11) is 1.89. The second kappa shape index (κ2) is 6.20. The zero-order chi connectivity index (χ0) is 13.8. The van der Waals surface area contributed by atoms with E-state index < -0.39 is 0 Å². The van der Waals surface area contributed by atoms with Gasteiger partial charge in [-0.05, 0) is 37.8 Å². The van der Waals surface area contributed by atoms with Gasteiger partial charge < -0.3 is 10.2 Å². The van der Waals surface area contributed by atoms with Crippen molar-refractivity contribution in [2.75, 3.05) is 13.6 Å². The van der Waals surface area contributed by atoms with Crippen LogP contribution in [0.4, 0.5) is 0 Å². The molecular weight excluding hydrogens is 236 g/mol. The minimum Gasteiger partial charge on any atom is -0.340 e. The predicted molar refractivity (Wildman–Crippen MR) is 77.8 cm³/mol. The molecule has 104 valence electrons. The van der Waals surface area contributed by atoms with Crippen LogP contribution in [0.3, 0.4) is 0 Å². The van der Waals surface area contributed by atoms with Crippen LogP contribution in [0, 0.1) is 12.8 Å². The molecule has 0 spiro atoms. The molecule has 0 aromatic heterocycles. The Bertz CT molecular complexity index is 427. The Morgan fingerprint density at radius 3 is 2.68 bits per heavy atom. The molecule has 1 amide bonds. The first-order chi connectivity index (χ1) is 9.06. The van der Waals surface area contributed by atoms with Gasteiger partial charge in [0, 0.05) is 13.6 Å². The van der Waals surface area contributed by atoms with Gasteiger partial charge >= 0.3 is 0 Å². The zero-order valence-corrected chi connectivity index (χ0v) is 12.1. The summed E-state index contributed by atoms with van der Waals surface area (Å²) in [5, 5.41) is 3.33. The Morgan fingerprint density at radius 2 is 2.05 bits per heavy atom. The molecule has 1 N–H and O–H groups in total. The third kappa shape index (κ3) is 3.80. The smallest absolute Gasteiger partial charge is 0.239 e. The highest BCUT2D eigenvalue weighted by Crippen LogP contribution is 2.17. The first-order valence-corrected chi connectivity index (χ1v) is 7.10. The highest BCUT2D eigenvalue weighted by atomic mass is 16.2. The Morgan fingerprint density at radius 1 is 1.37 bits per heavy atom. The molecule has 2 unspecified atom stereocenters. The third-order valence-electron chi connectivity index (χ3n) is 3.88. The van der Waals surface area contributed by atoms with Crippen molar-refractivity contribution in [1.82, 2.24) is 10.2 Å². The van der Waals surface area contributed by atoms with Gasteiger partial charge in [0.1, 0.15) is 0 Å². The fourth-order valence-corrected chi connectivity index (χ4v) is 2.61. The number of nitrogens with zero attached hydrogens (tertiary/aromatic N) is 1. The second-order valence-electron chi connectivity index (χ2n) is 5.82. The molecule has 0 saturated carbocycles. The number of carbonyl (C=O) groups excluding carboxylic acids is 1. The number of rotatable bonds is 3. The number of piperidine rings is 1. The predicted octanol–water partition coefficient (Wildman–Crippen LogP) is 2.34. The summed E-state index contributed by atoms with van der Waals surface area (Å²) in [4.78, 5) is 14.2. The lowest BCUT2D eigenvalue weighted by atomic mass is 9.93. The molecule has 1 aromatic rings. The average molecular weight is 260 g/mol. The Labute approximate surface area is 116 Å². The van der Waals surface area contributed by atoms with Crippen molar-refractivity contribution in [3.63, 3.8) is 0 Å². The van der Waals surface area contributed by atoms with Crippen molar-refractivity contribution in [3.8, 4) is 0 Å². The highest BCUT2D eigenvalue weighted by Gasteiger charge is 2.26. The molecule has 1 aliphatic rings. The number of hydrogen-bond acceptors (Lipinski definition) is 2. The second-order valence-corrected chi connectivity index (χ2v) is 5.82. The third-order valence-corrected chi connectivity index (χ3v) is 3.88. The summed E-state index contributed by atoms with van der Waals surface area (Å²) in [5.41, 5.74) is 2.44. The van der Waals surface area contributed by atoms with Gasteiger partial charge in [-0.1, -0.05) is 36.8 Å². The van der Waals surface area contributed by atoms with Crippen molar-refractivity contribution < 1.29 is 4.79 Å². The summed E-state index contributed by atoms with van der Waals surface area (Å²) in [6.45, 7) is 5.94. The fraction of sp³-hybridized carbons (Fsp3) is 0.562. The van der Waals surface area contributed by atoms with Gasteiger partial charge in [-0.25, -0.2) is 0 Å². The summed E-state index contributed by atoms with van der Waals surface area (Å²) in [6, 6.07) is 8.37. The molecular formula is C16H24N2O. The Kier molecular flexibility index (Phi) is 4.59. The van der Waals surface area contributed by atoms with E-state index in [0.29, 0.717) is 12.5 Å². The van der Waals surface area contributed by atoms with Gasteiger partial charge in [0.25, 0.3) is 0 Å². The molecule has 1 fully saturated rings. The van der Waals surface area contributed by atoms with Crippen LogP contribution in [0.25, 0.3) is 0 Å². The maximum atomic E-state index is 12.4. The van der Waals surface area contributed by atoms with E-state index in [1.807, 2.05) is 11.9 Å². The lowest BCUT2D eigenvalue weighted by Crippen LogP contribution is -2.48. The van der Waals surface area contributed by atoms with Crippen molar-refractivity contribution in [1.29, 1.82) is 0 Å².